The summed E-state index contributed by atoms with van der Waals surface area (Å²) in [6.07, 6.45) is 1.91. The molecule has 210 valence electrons. The second kappa shape index (κ2) is 10.6. The quantitative estimate of drug-likeness (QED) is 0.443. The number of carbonyl (C=O) groups excluding carboxylic acids is 2. The van der Waals surface area contributed by atoms with Crippen LogP contribution in [0.3, 0.4) is 0 Å². The molecule has 0 radical (unpaired) electrons. The standard InChI is InChI=1S/C28H30ClF2NO6S/c1-17-10-21(18-6-4-7-19(11-18)39(3,36)37)22(29)12-20(17)24-25(34)28(38-26(24)35)8-5-9-32(16-28)13-23(33)27(2,14-30)15-31/h4,6-7,10-12,34H,5,8-9,13-16H2,1-3H3. The maximum atomic E-state index is 13.3. The minimum atomic E-state index is -3.44. The van der Waals surface area contributed by atoms with E-state index in [4.69, 9.17) is 16.3 Å². The monoisotopic (exact) mass is 581 g/mol. The Morgan fingerprint density at radius 1 is 1.21 bits per heavy atom. The number of alkyl halides is 2. The number of sulfone groups is 1. The van der Waals surface area contributed by atoms with Gasteiger partial charge in [0.15, 0.2) is 27.0 Å². The van der Waals surface area contributed by atoms with Crippen molar-refractivity contribution in [3.8, 4) is 11.1 Å². The van der Waals surface area contributed by atoms with Crippen LogP contribution in [0, 0.1) is 12.3 Å². The Morgan fingerprint density at radius 3 is 2.54 bits per heavy atom. The van der Waals surface area contributed by atoms with Crippen LogP contribution in [0.25, 0.3) is 16.7 Å². The van der Waals surface area contributed by atoms with Gasteiger partial charge < -0.3 is 9.84 Å². The number of carbonyl (C=O) groups is 2. The number of ether oxygens (including phenoxy) is 1. The van der Waals surface area contributed by atoms with Crippen molar-refractivity contribution in [1.82, 2.24) is 4.90 Å². The fourth-order valence-electron chi connectivity index (χ4n) is 5.00. The minimum absolute atomic E-state index is 0.00237. The lowest BCUT2D eigenvalue weighted by Gasteiger charge is -2.39. The third-order valence-electron chi connectivity index (χ3n) is 7.48. The Hall–Kier alpha value is -2.82. The average Bonchev–Trinajstić information content (AvgIpc) is 3.12. The molecular formula is C28H30ClF2NO6S. The third kappa shape index (κ3) is 5.47. The first-order valence-electron chi connectivity index (χ1n) is 12.4. The molecule has 2 heterocycles. The van der Waals surface area contributed by atoms with Gasteiger partial charge in [0.25, 0.3) is 0 Å². The highest BCUT2D eigenvalue weighted by molar-refractivity contribution is 7.90. The molecule has 2 aromatic carbocycles. The van der Waals surface area contributed by atoms with Gasteiger partial charge in [-0.2, -0.15) is 0 Å². The predicted molar refractivity (Wildman–Crippen MR) is 144 cm³/mol. The molecule has 0 bridgehead atoms. The van der Waals surface area contributed by atoms with Gasteiger partial charge in [-0.1, -0.05) is 23.7 Å². The van der Waals surface area contributed by atoms with Gasteiger partial charge >= 0.3 is 5.97 Å². The lowest BCUT2D eigenvalue weighted by Crippen LogP contribution is -2.52. The number of aryl methyl sites for hydroxylation is 1. The van der Waals surface area contributed by atoms with E-state index in [1.54, 1.807) is 30.0 Å². The predicted octanol–water partition coefficient (Wildman–Crippen LogP) is 4.89. The molecule has 7 nitrogen and oxygen atoms in total. The number of halogens is 3. The fraction of sp³-hybridized carbons (Fsp3) is 0.429. The first-order chi connectivity index (χ1) is 18.2. The summed E-state index contributed by atoms with van der Waals surface area (Å²) in [6.45, 7) is 0.910. The van der Waals surface area contributed by atoms with E-state index in [9.17, 15) is 31.9 Å². The molecular weight excluding hydrogens is 552 g/mol. The fourth-order valence-corrected chi connectivity index (χ4v) is 5.94. The second-order valence-corrected chi connectivity index (χ2v) is 13.0. The molecule has 0 aliphatic carbocycles. The molecule has 2 aliphatic rings. The molecule has 1 fully saturated rings. The van der Waals surface area contributed by atoms with E-state index in [0.29, 0.717) is 41.6 Å². The summed E-state index contributed by atoms with van der Waals surface area (Å²) < 4.78 is 56.4. The third-order valence-corrected chi connectivity index (χ3v) is 8.90. The SMILES string of the molecule is Cc1cc(-c2cccc(S(C)(=O)=O)c2)c(Cl)cc1C1=C(O)C2(CCCN(CC(=O)C(C)(CF)CF)C2)OC1=O. The van der Waals surface area contributed by atoms with Crippen molar-refractivity contribution in [2.24, 2.45) is 5.41 Å². The first-order valence-corrected chi connectivity index (χ1v) is 14.7. The summed E-state index contributed by atoms with van der Waals surface area (Å²) in [5, 5.41) is 11.6. The van der Waals surface area contributed by atoms with E-state index in [0.717, 1.165) is 6.26 Å². The molecule has 1 unspecified atom stereocenters. The van der Waals surface area contributed by atoms with E-state index in [2.05, 4.69) is 0 Å². The molecule has 11 heteroatoms. The largest absolute Gasteiger partial charge is 0.507 e. The number of benzene rings is 2. The number of likely N-dealkylation sites (tertiary alicyclic amines) is 1. The van der Waals surface area contributed by atoms with Crippen LogP contribution in [0.2, 0.25) is 5.02 Å². The van der Waals surface area contributed by atoms with E-state index in [1.807, 2.05) is 0 Å². The molecule has 1 N–H and O–H groups in total. The number of ketones is 1. The summed E-state index contributed by atoms with van der Waals surface area (Å²) in [4.78, 5) is 27.4. The van der Waals surface area contributed by atoms with Crippen molar-refractivity contribution in [1.29, 1.82) is 0 Å². The zero-order valence-corrected chi connectivity index (χ0v) is 23.5. The Morgan fingerprint density at radius 2 is 1.90 bits per heavy atom. The van der Waals surface area contributed by atoms with Gasteiger partial charge in [-0.25, -0.2) is 22.0 Å². The van der Waals surface area contributed by atoms with Crippen LogP contribution in [0.15, 0.2) is 47.1 Å². The number of nitrogens with zero attached hydrogens (tertiary/aromatic N) is 1. The van der Waals surface area contributed by atoms with Crippen LogP contribution in [-0.2, 0) is 24.2 Å². The Balaban J connectivity index is 1.67. The molecule has 0 amide bonds. The number of aliphatic hydroxyl groups is 1. The van der Waals surface area contributed by atoms with Crippen molar-refractivity contribution >= 4 is 38.8 Å². The van der Waals surface area contributed by atoms with Gasteiger partial charge in [-0.05, 0) is 74.2 Å². The van der Waals surface area contributed by atoms with E-state index >= 15 is 0 Å². The zero-order chi connectivity index (χ0) is 28.8. The molecule has 1 atom stereocenters. The lowest BCUT2D eigenvalue weighted by molar-refractivity contribution is -0.152. The van der Waals surface area contributed by atoms with Gasteiger partial charge in [0.1, 0.15) is 18.9 Å². The number of hydrogen-bond donors (Lipinski definition) is 1. The average molecular weight is 582 g/mol. The highest BCUT2D eigenvalue weighted by Gasteiger charge is 2.51. The van der Waals surface area contributed by atoms with Crippen molar-refractivity contribution in [3.05, 3.63) is 58.3 Å². The van der Waals surface area contributed by atoms with Gasteiger partial charge in [-0.3, -0.25) is 9.69 Å². The van der Waals surface area contributed by atoms with Crippen LogP contribution in [-0.4, -0.2) is 75.0 Å². The van der Waals surface area contributed by atoms with Crippen LogP contribution in [0.4, 0.5) is 8.78 Å². The van der Waals surface area contributed by atoms with Crippen molar-refractivity contribution in [3.63, 3.8) is 0 Å². The van der Waals surface area contributed by atoms with E-state index < -0.39 is 46.0 Å². The van der Waals surface area contributed by atoms with Gasteiger partial charge in [-0.15, -0.1) is 0 Å². The highest BCUT2D eigenvalue weighted by atomic mass is 35.5. The number of rotatable bonds is 8. The van der Waals surface area contributed by atoms with E-state index in [1.165, 1.54) is 25.1 Å². The number of Topliss-reactive ketones (excluding diaryl/α,β-unsaturated/α-hetero) is 1. The Kier molecular flexibility index (Phi) is 7.95. The summed E-state index contributed by atoms with van der Waals surface area (Å²) in [5.74, 6) is -1.63. The molecule has 2 aliphatic heterocycles. The first kappa shape index (κ1) is 29.2. The Bertz CT molecular complexity index is 1470. The maximum Gasteiger partial charge on any atom is 0.343 e. The smallest absolute Gasteiger partial charge is 0.343 e. The number of aliphatic hydroxyl groups excluding tert-OH is 1. The van der Waals surface area contributed by atoms with Crippen molar-refractivity contribution in [2.45, 2.75) is 37.2 Å². The summed E-state index contributed by atoms with van der Waals surface area (Å²) >= 11 is 6.59. The lowest BCUT2D eigenvalue weighted by atomic mass is 9.85. The minimum Gasteiger partial charge on any atom is -0.507 e. The molecule has 1 saturated heterocycles. The summed E-state index contributed by atoms with van der Waals surface area (Å²) in [5.41, 5.74) is -1.10. The van der Waals surface area contributed by atoms with Crippen molar-refractivity contribution < 1.29 is 36.6 Å². The normalized spacial score (nSPS) is 20.5. The van der Waals surface area contributed by atoms with Crippen LogP contribution >= 0.6 is 11.6 Å². The molecule has 39 heavy (non-hydrogen) atoms. The maximum absolute atomic E-state index is 13.3. The Labute approximate surface area is 231 Å². The van der Waals surface area contributed by atoms with Gasteiger partial charge in [0, 0.05) is 23.4 Å². The van der Waals surface area contributed by atoms with Gasteiger partial charge in [0.05, 0.1) is 16.9 Å². The summed E-state index contributed by atoms with van der Waals surface area (Å²) in [6, 6.07) is 9.57. The van der Waals surface area contributed by atoms with Crippen molar-refractivity contribution in [2.75, 3.05) is 39.2 Å². The number of esters is 1. The van der Waals surface area contributed by atoms with E-state index in [-0.39, 0.29) is 34.3 Å². The topological polar surface area (TPSA) is 101 Å². The van der Waals surface area contributed by atoms with Crippen LogP contribution in [0.1, 0.15) is 30.9 Å². The number of hydrogen-bond acceptors (Lipinski definition) is 7. The highest BCUT2D eigenvalue weighted by Crippen LogP contribution is 2.44. The zero-order valence-electron chi connectivity index (χ0n) is 21.9. The molecule has 1 spiro atoms. The molecule has 0 saturated carbocycles. The second-order valence-electron chi connectivity index (χ2n) is 10.6. The van der Waals surface area contributed by atoms with Gasteiger partial charge in [0.2, 0.25) is 0 Å². The molecule has 2 aromatic rings. The van der Waals surface area contributed by atoms with Crippen LogP contribution in [0.5, 0.6) is 0 Å². The summed E-state index contributed by atoms with van der Waals surface area (Å²) in [7, 11) is -3.44. The number of piperidine rings is 1. The molecule has 4 rings (SSSR count). The molecule has 0 aromatic heterocycles. The van der Waals surface area contributed by atoms with Crippen LogP contribution < -0.4 is 0 Å².